The maximum atomic E-state index is 4.84. The van der Waals surface area contributed by atoms with E-state index in [4.69, 9.17) is 4.42 Å². The van der Waals surface area contributed by atoms with E-state index in [2.05, 4.69) is 13.0 Å². The second kappa shape index (κ2) is 3.62. The van der Waals surface area contributed by atoms with Gasteiger partial charge in [0, 0.05) is 6.07 Å². The number of furan rings is 1. The van der Waals surface area contributed by atoms with Crippen molar-refractivity contribution in [3.8, 4) is 0 Å². The molecule has 0 aliphatic carbocycles. The van der Waals surface area contributed by atoms with Crippen LogP contribution in [0, 0.1) is 6.07 Å². The van der Waals surface area contributed by atoms with Gasteiger partial charge in [-0.1, -0.05) is 6.92 Å². The lowest BCUT2D eigenvalue weighted by molar-refractivity contribution is 0.561. The van der Waals surface area contributed by atoms with E-state index in [1.807, 2.05) is 0 Å². The first-order valence-corrected chi connectivity index (χ1v) is 3.98. The van der Waals surface area contributed by atoms with Crippen molar-refractivity contribution in [1.29, 1.82) is 0 Å². The average molecular weight is 141 g/mol. The largest absolute Gasteiger partial charge is 0.471 e. The van der Waals surface area contributed by atoms with Gasteiger partial charge in [-0.2, -0.15) is 0 Å². The van der Waals surface area contributed by atoms with Crippen LogP contribution in [-0.2, 0) is 0 Å². The zero-order valence-electron chi connectivity index (χ0n) is 5.39. The molecule has 9 heavy (non-hydrogen) atoms. The molecule has 0 atom stereocenters. The number of rotatable bonds is 3. The Kier molecular flexibility index (Phi) is 2.71. The summed E-state index contributed by atoms with van der Waals surface area (Å²) in [6.45, 7) is 2.16. The Balaban J connectivity index is 2.30. The summed E-state index contributed by atoms with van der Waals surface area (Å²) in [4.78, 5) is 1.11. The Morgan fingerprint density at radius 2 is 2.67 bits per heavy atom. The summed E-state index contributed by atoms with van der Waals surface area (Å²) >= 11 is 1.78. The molecule has 0 N–H and O–H groups in total. The normalized spacial score (nSPS) is 9.89. The monoisotopic (exact) mass is 141 g/mol. The summed E-state index contributed by atoms with van der Waals surface area (Å²) in [5.41, 5.74) is 0. The minimum atomic E-state index is 1.11. The third-order valence-corrected chi connectivity index (χ3v) is 2.04. The fraction of sp³-hybridized carbons (Fsp3) is 0.429. The van der Waals surface area contributed by atoms with E-state index in [-0.39, 0.29) is 0 Å². The maximum Gasteiger partial charge on any atom is 0.104 e. The molecule has 1 aromatic heterocycles. The highest BCUT2D eigenvalue weighted by Crippen LogP contribution is 2.17. The van der Waals surface area contributed by atoms with Crippen molar-refractivity contribution >= 4 is 11.8 Å². The molecule has 0 saturated heterocycles. The van der Waals surface area contributed by atoms with Crippen molar-refractivity contribution in [2.24, 2.45) is 0 Å². The second-order valence-corrected chi connectivity index (χ2v) is 2.87. The minimum Gasteiger partial charge on any atom is -0.471 e. The van der Waals surface area contributed by atoms with E-state index in [1.54, 1.807) is 24.3 Å². The highest BCUT2D eigenvalue weighted by molar-refractivity contribution is 7.99. The first kappa shape index (κ1) is 6.75. The summed E-state index contributed by atoms with van der Waals surface area (Å²) in [6, 6.07) is 2.97. The first-order valence-electron chi connectivity index (χ1n) is 3.00. The summed E-state index contributed by atoms with van der Waals surface area (Å²) in [5, 5.41) is 0. The molecule has 0 saturated carbocycles. The third kappa shape index (κ3) is 2.14. The molecule has 0 aliphatic rings. The van der Waals surface area contributed by atoms with Crippen LogP contribution in [0.5, 0.6) is 0 Å². The van der Waals surface area contributed by atoms with E-state index < -0.39 is 0 Å². The molecule has 1 heterocycles. The Bertz CT molecular complexity index is 146. The van der Waals surface area contributed by atoms with Crippen molar-refractivity contribution in [3.63, 3.8) is 0 Å². The van der Waals surface area contributed by atoms with Crippen LogP contribution in [0.4, 0.5) is 0 Å². The number of hydrogen-bond acceptors (Lipinski definition) is 2. The topological polar surface area (TPSA) is 13.1 Å². The van der Waals surface area contributed by atoms with E-state index in [0.29, 0.717) is 0 Å². The molecule has 0 amide bonds. The average Bonchev–Trinajstić information content (AvgIpc) is 2.34. The molecule has 1 rings (SSSR count). The lowest BCUT2D eigenvalue weighted by Crippen LogP contribution is -1.70. The fourth-order valence-corrected chi connectivity index (χ4v) is 1.19. The van der Waals surface area contributed by atoms with Crippen LogP contribution in [0.1, 0.15) is 13.3 Å². The third-order valence-electron chi connectivity index (χ3n) is 0.906. The highest BCUT2D eigenvalue weighted by atomic mass is 32.2. The van der Waals surface area contributed by atoms with Gasteiger partial charge in [0.05, 0.1) is 11.2 Å². The van der Waals surface area contributed by atoms with Gasteiger partial charge in [-0.15, -0.1) is 11.8 Å². The number of thioether (sulfide) groups is 1. The van der Waals surface area contributed by atoms with Crippen LogP contribution in [0.3, 0.4) is 0 Å². The number of hydrogen-bond donors (Lipinski definition) is 0. The van der Waals surface area contributed by atoms with Gasteiger partial charge in [-0.25, -0.2) is 0 Å². The van der Waals surface area contributed by atoms with Crippen molar-refractivity contribution < 1.29 is 4.42 Å². The molecular formula is C7H9OS. The van der Waals surface area contributed by atoms with E-state index in [9.17, 15) is 0 Å². The SMILES string of the molecule is CCCSc1[c]coc1. The minimum absolute atomic E-state index is 1.11. The van der Waals surface area contributed by atoms with Crippen LogP contribution in [0.2, 0.25) is 0 Å². The molecule has 0 aliphatic heterocycles. The van der Waals surface area contributed by atoms with Crippen LogP contribution >= 0.6 is 11.8 Å². The van der Waals surface area contributed by atoms with Crippen molar-refractivity contribution in [3.05, 3.63) is 18.6 Å². The standard InChI is InChI=1S/C7H9OS/c1-2-5-9-7-3-4-8-6-7/h4,6H,2,5H2,1H3. The molecule has 49 valence electrons. The zero-order chi connectivity index (χ0) is 6.53. The smallest absolute Gasteiger partial charge is 0.104 e. The van der Waals surface area contributed by atoms with Crippen LogP contribution < -0.4 is 0 Å². The quantitative estimate of drug-likeness (QED) is 0.600. The van der Waals surface area contributed by atoms with Crippen LogP contribution in [-0.4, -0.2) is 5.75 Å². The molecule has 0 aromatic carbocycles. The van der Waals surface area contributed by atoms with Gasteiger partial charge in [-0.3, -0.25) is 0 Å². The van der Waals surface area contributed by atoms with Crippen LogP contribution in [0.25, 0.3) is 0 Å². The Hall–Kier alpha value is -0.370. The molecule has 1 aromatic rings. The lowest BCUT2D eigenvalue weighted by Gasteiger charge is -1.89. The lowest BCUT2D eigenvalue weighted by atomic mass is 10.6. The molecule has 0 spiro atoms. The van der Waals surface area contributed by atoms with Crippen LogP contribution in [0.15, 0.2) is 21.8 Å². The van der Waals surface area contributed by atoms with E-state index in [1.165, 1.54) is 6.42 Å². The molecular weight excluding hydrogens is 132 g/mol. The molecule has 0 bridgehead atoms. The first-order chi connectivity index (χ1) is 4.43. The Morgan fingerprint density at radius 3 is 3.22 bits per heavy atom. The summed E-state index contributed by atoms with van der Waals surface area (Å²) in [6.07, 6.45) is 4.50. The molecule has 0 fully saturated rings. The predicted octanol–water partition coefficient (Wildman–Crippen LogP) is 2.58. The Labute approximate surface area is 59.4 Å². The van der Waals surface area contributed by atoms with Crippen molar-refractivity contribution in [1.82, 2.24) is 0 Å². The Morgan fingerprint density at radius 1 is 1.78 bits per heavy atom. The van der Waals surface area contributed by atoms with Gasteiger partial charge in [-0.05, 0) is 12.2 Å². The van der Waals surface area contributed by atoms with Gasteiger partial charge < -0.3 is 4.42 Å². The zero-order valence-corrected chi connectivity index (χ0v) is 6.20. The van der Waals surface area contributed by atoms with Gasteiger partial charge in [0.25, 0.3) is 0 Å². The molecule has 2 heteroatoms. The molecule has 0 unspecified atom stereocenters. The van der Waals surface area contributed by atoms with E-state index in [0.717, 1.165) is 10.6 Å². The van der Waals surface area contributed by atoms with Gasteiger partial charge in [0.15, 0.2) is 0 Å². The van der Waals surface area contributed by atoms with E-state index >= 15 is 0 Å². The summed E-state index contributed by atoms with van der Waals surface area (Å²) < 4.78 is 4.84. The summed E-state index contributed by atoms with van der Waals surface area (Å²) in [5.74, 6) is 1.15. The van der Waals surface area contributed by atoms with Gasteiger partial charge in [0.2, 0.25) is 0 Å². The summed E-state index contributed by atoms with van der Waals surface area (Å²) in [7, 11) is 0. The predicted molar refractivity (Wildman–Crippen MR) is 38.6 cm³/mol. The molecule has 1 radical (unpaired) electrons. The van der Waals surface area contributed by atoms with Crippen molar-refractivity contribution in [2.45, 2.75) is 18.2 Å². The fourth-order valence-electron chi connectivity index (χ4n) is 0.510. The van der Waals surface area contributed by atoms with Gasteiger partial charge in [0.1, 0.15) is 6.26 Å². The second-order valence-electron chi connectivity index (χ2n) is 1.73. The maximum absolute atomic E-state index is 4.84. The molecule has 1 nitrogen and oxygen atoms in total. The van der Waals surface area contributed by atoms with Gasteiger partial charge >= 0.3 is 0 Å². The highest BCUT2D eigenvalue weighted by Gasteiger charge is 1.91. The van der Waals surface area contributed by atoms with Crippen molar-refractivity contribution in [2.75, 3.05) is 5.75 Å².